The number of anilines is 1. The summed E-state index contributed by atoms with van der Waals surface area (Å²) < 4.78 is 38.2. The van der Waals surface area contributed by atoms with Gasteiger partial charge in [0.2, 0.25) is 0 Å². The molecule has 0 aliphatic heterocycles. The molecular weight excluding hydrogens is 317 g/mol. The van der Waals surface area contributed by atoms with Crippen LogP contribution in [0.5, 0.6) is 0 Å². The van der Waals surface area contributed by atoms with Gasteiger partial charge in [-0.25, -0.2) is 4.79 Å². The summed E-state index contributed by atoms with van der Waals surface area (Å²) >= 11 is 0. The summed E-state index contributed by atoms with van der Waals surface area (Å²) in [6, 6.07) is 4.53. The number of alkyl halides is 3. The third-order valence-corrected chi connectivity index (χ3v) is 5.97. The molecule has 2 N–H and O–H groups in total. The van der Waals surface area contributed by atoms with Crippen LogP contribution in [-0.4, -0.2) is 12.1 Å². The molecule has 4 aliphatic carbocycles. The maximum atomic E-state index is 12.7. The van der Waals surface area contributed by atoms with E-state index in [4.69, 9.17) is 0 Å². The van der Waals surface area contributed by atoms with Gasteiger partial charge in [-0.2, -0.15) is 13.2 Å². The first-order valence-corrected chi connectivity index (χ1v) is 8.63. The van der Waals surface area contributed by atoms with Gasteiger partial charge in [0.1, 0.15) is 0 Å². The predicted octanol–water partition coefficient (Wildman–Crippen LogP) is 4.65. The number of urea groups is 1. The summed E-state index contributed by atoms with van der Waals surface area (Å²) in [5.74, 6) is 2.70. The number of benzene rings is 1. The van der Waals surface area contributed by atoms with E-state index < -0.39 is 17.8 Å². The van der Waals surface area contributed by atoms with Crippen LogP contribution in [0.2, 0.25) is 0 Å². The van der Waals surface area contributed by atoms with Gasteiger partial charge >= 0.3 is 12.2 Å². The maximum Gasteiger partial charge on any atom is 0.416 e. The molecule has 1 aromatic carbocycles. The van der Waals surface area contributed by atoms with Gasteiger partial charge < -0.3 is 10.6 Å². The van der Waals surface area contributed by atoms with Crippen LogP contribution >= 0.6 is 0 Å². The maximum absolute atomic E-state index is 12.7. The van der Waals surface area contributed by atoms with Crippen molar-refractivity contribution in [2.75, 3.05) is 5.32 Å². The van der Waals surface area contributed by atoms with E-state index in [1.165, 1.54) is 44.2 Å². The largest absolute Gasteiger partial charge is 0.416 e. The SMILES string of the molecule is O=C(Nc1cccc(C(F)(F)F)c1)NC1C2CC3CC(C2)CC1C3. The zero-order valence-corrected chi connectivity index (χ0v) is 13.3. The minimum absolute atomic E-state index is 0.170. The van der Waals surface area contributed by atoms with Crippen LogP contribution in [0.4, 0.5) is 23.7 Å². The number of amides is 2. The molecule has 0 heterocycles. The summed E-state index contributed by atoms with van der Waals surface area (Å²) in [5, 5.41) is 5.60. The van der Waals surface area contributed by atoms with E-state index in [0.717, 1.165) is 24.0 Å². The molecular formula is C18H21F3N2O. The van der Waals surface area contributed by atoms with Crippen LogP contribution in [0.15, 0.2) is 24.3 Å². The molecule has 4 saturated carbocycles. The Labute approximate surface area is 139 Å². The van der Waals surface area contributed by atoms with Crippen LogP contribution in [-0.2, 0) is 6.18 Å². The van der Waals surface area contributed by atoms with Gasteiger partial charge in [0.25, 0.3) is 0 Å². The topological polar surface area (TPSA) is 41.1 Å². The lowest BCUT2D eigenvalue weighted by Gasteiger charge is -2.54. The molecule has 130 valence electrons. The van der Waals surface area contributed by atoms with Gasteiger partial charge in [-0.05, 0) is 74.0 Å². The van der Waals surface area contributed by atoms with Crippen LogP contribution < -0.4 is 10.6 Å². The Morgan fingerprint density at radius 1 is 1.00 bits per heavy atom. The molecule has 4 aliphatic rings. The third kappa shape index (κ3) is 2.98. The van der Waals surface area contributed by atoms with Crippen molar-refractivity contribution in [2.24, 2.45) is 23.7 Å². The van der Waals surface area contributed by atoms with E-state index in [9.17, 15) is 18.0 Å². The summed E-state index contributed by atoms with van der Waals surface area (Å²) in [6.07, 6.45) is 1.66. The first-order chi connectivity index (χ1) is 11.4. The van der Waals surface area contributed by atoms with Gasteiger partial charge in [-0.1, -0.05) is 6.07 Å². The zero-order valence-electron chi connectivity index (χ0n) is 13.3. The lowest BCUT2D eigenvalue weighted by atomic mass is 9.54. The number of nitrogens with one attached hydrogen (secondary N) is 2. The number of carbonyl (C=O) groups is 1. The standard InChI is InChI=1S/C18H21F3N2O/c19-18(20,21)14-2-1-3-15(9-14)22-17(24)23-16-12-5-10-4-11(7-12)8-13(16)6-10/h1-3,9-13,16H,4-8H2,(H2,22,23,24). The van der Waals surface area contributed by atoms with Crippen molar-refractivity contribution in [2.45, 2.75) is 44.3 Å². The Hall–Kier alpha value is -1.72. The Balaban J connectivity index is 1.41. The van der Waals surface area contributed by atoms with Crippen LogP contribution in [0.25, 0.3) is 0 Å². The van der Waals surface area contributed by atoms with Crippen LogP contribution in [0.3, 0.4) is 0 Å². The number of carbonyl (C=O) groups excluding carboxylic acids is 1. The van der Waals surface area contributed by atoms with E-state index in [-0.39, 0.29) is 11.7 Å². The van der Waals surface area contributed by atoms with Crippen molar-refractivity contribution >= 4 is 11.7 Å². The van der Waals surface area contributed by atoms with Crippen molar-refractivity contribution in [1.82, 2.24) is 5.32 Å². The number of hydrogen-bond acceptors (Lipinski definition) is 1. The van der Waals surface area contributed by atoms with Crippen molar-refractivity contribution in [3.8, 4) is 0 Å². The first-order valence-electron chi connectivity index (χ1n) is 8.63. The summed E-state index contributed by atoms with van der Waals surface area (Å²) in [7, 11) is 0. The Bertz CT molecular complexity index is 615. The normalized spacial score (nSPS) is 34.2. The molecule has 1 aromatic rings. The van der Waals surface area contributed by atoms with E-state index in [2.05, 4.69) is 10.6 Å². The van der Waals surface area contributed by atoms with Crippen molar-refractivity contribution in [3.63, 3.8) is 0 Å². The quantitative estimate of drug-likeness (QED) is 0.809. The van der Waals surface area contributed by atoms with Gasteiger partial charge in [0.15, 0.2) is 0 Å². The van der Waals surface area contributed by atoms with Crippen LogP contribution in [0.1, 0.15) is 37.7 Å². The highest BCUT2D eigenvalue weighted by Gasteiger charge is 2.48. The minimum Gasteiger partial charge on any atom is -0.335 e. The lowest BCUT2D eigenvalue weighted by Crippen LogP contribution is -2.56. The minimum atomic E-state index is -4.41. The second-order valence-corrected chi connectivity index (χ2v) is 7.63. The van der Waals surface area contributed by atoms with Crippen molar-refractivity contribution in [1.29, 1.82) is 0 Å². The molecule has 3 nitrogen and oxygen atoms in total. The Morgan fingerprint density at radius 2 is 1.62 bits per heavy atom. The molecule has 2 amide bonds. The Morgan fingerprint density at radius 3 is 2.21 bits per heavy atom. The second kappa shape index (κ2) is 5.67. The van der Waals surface area contributed by atoms with Gasteiger partial charge in [0, 0.05) is 11.7 Å². The fourth-order valence-electron chi connectivity index (χ4n) is 5.25. The fourth-order valence-corrected chi connectivity index (χ4v) is 5.25. The molecule has 4 fully saturated rings. The molecule has 5 rings (SSSR count). The molecule has 0 spiro atoms. The first kappa shape index (κ1) is 15.8. The van der Waals surface area contributed by atoms with Gasteiger partial charge in [-0.3, -0.25) is 0 Å². The molecule has 0 radical (unpaired) electrons. The van der Waals surface area contributed by atoms with Gasteiger partial charge in [0.05, 0.1) is 5.56 Å². The average molecular weight is 338 g/mol. The van der Waals surface area contributed by atoms with Gasteiger partial charge in [-0.15, -0.1) is 0 Å². The molecule has 4 bridgehead atoms. The summed E-state index contributed by atoms with van der Waals surface area (Å²) in [5.41, 5.74) is -0.582. The smallest absolute Gasteiger partial charge is 0.335 e. The van der Waals surface area contributed by atoms with E-state index >= 15 is 0 Å². The van der Waals surface area contributed by atoms with Crippen molar-refractivity contribution < 1.29 is 18.0 Å². The summed E-state index contributed by atoms with van der Waals surface area (Å²) in [6.45, 7) is 0. The van der Waals surface area contributed by atoms with Crippen LogP contribution in [0, 0.1) is 23.7 Å². The molecule has 0 aromatic heterocycles. The monoisotopic (exact) mass is 338 g/mol. The fraction of sp³-hybridized carbons (Fsp3) is 0.611. The second-order valence-electron chi connectivity index (χ2n) is 7.63. The number of halogens is 3. The molecule has 6 heteroatoms. The van der Waals surface area contributed by atoms with E-state index in [1.807, 2.05) is 0 Å². The molecule has 0 saturated heterocycles. The predicted molar refractivity (Wildman–Crippen MR) is 84.4 cm³/mol. The number of rotatable bonds is 2. The highest BCUT2D eigenvalue weighted by Crippen LogP contribution is 2.53. The third-order valence-electron chi connectivity index (χ3n) is 5.97. The number of hydrogen-bond donors (Lipinski definition) is 2. The highest BCUT2D eigenvalue weighted by atomic mass is 19.4. The Kier molecular flexibility index (Phi) is 3.73. The highest BCUT2D eigenvalue weighted by molar-refractivity contribution is 5.89. The molecule has 0 unspecified atom stereocenters. The molecule has 24 heavy (non-hydrogen) atoms. The summed E-state index contributed by atoms with van der Waals surface area (Å²) in [4.78, 5) is 12.3. The lowest BCUT2D eigenvalue weighted by molar-refractivity contribution is -0.137. The van der Waals surface area contributed by atoms with Crippen molar-refractivity contribution in [3.05, 3.63) is 29.8 Å². The average Bonchev–Trinajstić information content (AvgIpc) is 2.49. The molecule has 0 atom stereocenters. The van der Waals surface area contributed by atoms with E-state index in [1.54, 1.807) is 0 Å². The zero-order chi connectivity index (χ0) is 16.9. The van der Waals surface area contributed by atoms with E-state index in [0.29, 0.717) is 11.8 Å².